The number of imidazole rings is 1. The largest absolute Gasteiger partial charge is 0.321 e. The monoisotopic (exact) mass is 306 g/mol. The molecule has 6 heteroatoms. The summed E-state index contributed by atoms with van der Waals surface area (Å²) in [5.74, 6) is 0.808. The van der Waals surface area contributed by atoms with Crippen LogP contribution in [0.3, 0.4) is 0 Å². The van der Waals surface area contributed by atoms with E-state index >= 15 is 0 Å². The molecule has 0 spiro atoms. The molecule has 1 atom stereocenters. The fourth-order valence-electron chi connectivity index (χ4n) is 2.16. The van der Waals surface area contributed by atoms with Gasteiger partial charge in [-0.2, -0.15) is 0 Å². The van der Waals surface area contributed by atoms with Crippen LogP contribution in [0.25, 0.3) is 11.0 Å². The van der Waals surface area contributed by atoms with Gasteiger partial charge >= 0.3 is 0 Å². The first-order chi connectivity index (χ1) is 9.65. The molecule has 3 rings (SSSR count). The van der Waals surface area contributed by atoms with Crippen molar-refractivity contribution in [2.24, 2.45) is 0 Å². The molecular weight excluding hydrogens is 295 g/mol. The van der Waals surface area contributed by atoms with E-state index in [0.717, 1.165) is 22.6 Å². The number of aromatic nitrogens is 4. The first-order valence-corrected chi connectivity index (χ1v) is 7.01. The normalized spacial score (nSPS) is 12.8. The molecule has 1 aromatic carbocycles. The van der Waals surface area contributed by atoms with Crippen molar-refractivity contribution in [1.82, 2.24) is 19.5 Å². The van der Waals surface area contributed by atoms with Gasteiger partial charge in [0.15, 0.2) is 0 Å². The highest BCUT2D eigenvalue weighted by Crippen LogP contribution is 2.27. The van der Waals surface area contributed by atoms with Gasteiger partial charge in [0.1, 0.15) is 12.2 Å². The van der Waals surface area contributed by atoms with Crippen LogP contribution < -0.4 is 0 Å². The van der Waals surface area contributed by atoms with Gasteiger partial charge in [0.2, 0.25) is 0 Å². The Morgan fingerprint density at radius 3 is 2.85 bits per heavy atom. The summed E-state index contributed by atoms with van der Waals surface area (Å²) >= 11 is 12.3. The van der Waals surface area contributed by atoms with Crippen molar-refractivity contribution in [2.45, 2.75) is 18.8 Å². The smallest absolute Gasteiger partial charge is 0.128 e. The van der Waals surface area contributed by atoms with E-state index in [0.29, 0.717) is 11.6 Å². The minimum atomic E-state index is -0.192. The van der Waals surface area contributed by atoms with E-state index in [-0.39, 0.29) is 5.38 Å². The van der Waals surface area contributed by atoms with Gasteiger partial charge in [-0.3, -0.25) is 0 Å². The molecule has 1 unspecified atom stereocenters. The zero-order chi connectivity index (χ0) is 14.1. The molecule has 0 saturated carbocycles. The third-order valence-electron chi connectivity index (χ3n) is 3.06. The third-order valence-corrected chi connectivity index (χ3v) is 3.49. The molecule has 2 heterocycles. The van der Waals surface area contributed by atoms with Crippen LogP contribution in [0.5, 0.6) is 0 Å². The summed E-state index contributed by atoms with van der Waals surface area (Å²) in [6.45, 7) is 2.49. The SMILES string of the molecule is CC(Cl)c1nc2ccc(Cl)cc2n1Cc1ccncn1. The van der Waals surface area contributed by atoms with Gasteiger partial charge in [-0.1, -0.05) is 11.6 Å². The topological polar surface area (TPSA) is 43.6 Å². The molecule has 0 bridgehead atoms. The van der Waals surface area contributed by atoms with Crippen LogP contribution in [0.4, 0.5) is 0 Å². The third kappa shape index (κ3) is 2.49. The number of fused-ring (bicyclic) bond motifs is 1. The molecule has 4 nitrogen and oxygen atoms in total. The lowest BCUT2D eigenvalue weighted by molar-refractivity contribution is 0.725. The number of hydrogen-bond acceptors (Lipinski definition) is 3. The quantitative estimate of drug-likeness (QED) is 0.691. The lowest BCUT2D eigenvalue weighted by atomic mass is 10.3. The Morgan fingerprint density at radius 1 is 1.30 bits per heavy atom. The molecule has 0 fully saturated rings. The van der Waals surface area contributed by atoms with E-state index in [1.54, 1.807) is 6.20 Å². The van der Waals surface area contributed by atoms with Crippen LogP contribution >= 0.6 is 23.2 Å². The highest BCUT2D eigenvalue weighted by atomic mass is 35.5. The van der Waals surface area contributed by atoms with Crippen molar-refractivity contribution in [3.63, 3.8) is 0 Å². The van der Waals surface area contributed by atoms with Crippen LogP contribution in [0.2, 0.25) is 5.02 Å². The predicted molar refractivity (Wildman–Crippen MR) is 80.1 cm³/mol. The van der Waals surface area contributed by atoms with Crippen molar-refractivity contribution in [3.05, 3.63) is 53.3 Å². The minimum Gasteiger partial charge on any atom is -0.321 e. The van der Waals surface area contributed by atoms with Crippen molar-refractivity contribution in [1.29, 1.82) is 0 Å². The van der Waals surface area contributed by atoms with E-state index in [9.17, 15) is 0 Å². The van der Waals surface area contributed by atoms with Crippen molar-refractivity contribution in [3.8, 4) is 0 Å². The lowest BCUT2D eigenvalue weighted by Gasteiger charge is -2.10. The zero-order valence-corrected chi connectivity index (χ0v) is 12.3. The highest BCUT2D eigenvalue weighted by molar-refractivity contribution is 6.31. The van der Waals surface area contributed by atoms with Crippen molar-refractivity contribution in [2.75, 3.05) is 0 Å². The van der Waals surface area contributed by atoms with Crippen LogP contribution in [-0.2, 0) is 6.54 Å². The van der Waals surface area contributed by atoms with Gasteiger partial charge < -0.3 is 4.57 Å². The standard InChI is InChI=1S/C14H12Cl2N4/c1-9(15)14-19-12-3-2-10(16)6-13(12)20(14)7-11-4-5-17-8-18-11/h2-6,8-9H,7H2,1H3. The Kier molecular flexibility index (Phi) is 3.59. The maximum atomic E-state index is 6.24. The lowest BCUT2D eigenvalue weighted by Crippen LogP contribution is -2.07. The van der Waals surface area contributed by atoms with Gasteiger partial charge in [-0.05, 0) is 31.2 Å². The second-order valence-electron chi connectivity index (χ2n) is 4.51. The highest BCUT2D eigenvalue weighted by Gasteiger charge is 2.15. The van der Waals surface area contributed by atoms with Crippen molar-refractivity contribution >= 4 is 34.2 Å². The average molecular weight is 307 g/mol. The minimum absolute atomic E-state index is 0.192. The number of hydrogen-bond donors (Lipinski definition) is 0. The molecule has 0 radical (unpaired) electrons. The maximum Gasteiger partial charge on any atom is 0.128 e. The molecule has 0 saturated heterocycles. The number of rotatable bonds is 3. The Morgan fingerprint density at radius 2 is 2.15 bits per heavy atom. The molecule has 0 N–H and O–H groups in total. The van der Waals surface area contributed by atoms with Gasteiger partial charge in [0.05, 0.1) is 28.6 Å². The average Bonchev–Trinajstić information content (AvgIpc) is 2.78. The second kappa shape index (κ2) is 5.38. The van der Waals surface area contributed by atoms with E-state index < -0.39 is 0 Å². The molecule has 20 heavy (non-hydrogen) atoms. The predicted octanol–water partition coefficient (Wildman–Crippen LogP) is 3.83. The van der Waals surface area contributed by atoms with E-state index in [1.807, 2.05) is 35.8 Å². The summed E-state index contributed by atoms with van der Waals surface area (Å²) in [5, 5.41) is 0.484. The Bertz CT molecular complexity index is 738. The molecule has 0 aliphatic heterocycles. The van der Waals surface area contributed by atoms with Gasteiger partial charge in [-0.15, -0.1) is 11.6 Å². The molecule has 0 aliphatic rings. The molecular formula is C14H12Cl2N4. The molecule has 102 valence electrons. The van der Waals surface area contributed by atoms with Crippen molar-refractivity contribution < 1.29 is 0 Å². The maximum absolute atomic E-state index is 6.24. The van der Waals surface area contributed by atoms with E-state index in [4.69, 9.17) is 23.2 Å². The Balaban J connectivity index is 2.15. The summed E-state index contributed by atoms with van der Waals surface area (Å²) < 4.78 is 2.04. The fraction of sp³-hybridized carbons (Fsp3) is 0.214. The van der Waals surface area contributed by atoms with Gasteiger partial charge in [0, 0.05) is 11.2 Å². The summed E-state index contributed by atoms with van der Waals surface area (Å²) in [6.07, 6.45) is 3.25. The molecule has 3 aromatic rings. The number of alkyl halides is 1. The van der Waals surface area contributed by atoms with Crippen LogP contribution in [-0.4, -0.2) is 19.5 Å². The van der Waals surface area contributed by atoms with E-state index in [1.165, 1.54) is 6.33 Å². The zero-order valence-electron chi connectivity index (χ0n) is 10.8. The summed E-state index contributed by atoms with van der Waals surface area (Å²) in [6, 6.07) is 7.50. The Hall–Kier alpha value is -1.65. The Labute approximate surface area is 126 Å². The first kappa shape index (κ1) is 13.3. The molecule has 0 amide bonds. The summed E-state index contributed by atoms with van der Waals surface area (Å²) in [7, 11) is 0. The molecule has 0 aliphatic carbocycles. The van der Waals surface area contributed by atoms with Crippen LogP contribution in [0.1, 0.15) is 23.8 Å². The van der Waals surface area contributed by atoms with E-state index in [2.05, 4.69) is 15.0 Å². The number of benzene rings is 1. The number of halogens is 2. The van der Waals surface area contributed by atoms with Gasteiger partial charge in [-0.25, -0.2) is 15.0 Å². The fourth-order valence-corrected chi connectivity index (χ4v) is 2.49. The molecule has 2 aromatic heterocycles. The van der Waals surface area contributed by atoms with Gasteiger partial charge in [0.25, 0.3) is 0 Å². The second-order valence-corrected chi connectivity index (χ2v) is 5.60. The van der Waals surface area contributed by atoms with Crippen LogP contribution in [0, 0.1) is 0 Å². The number of nitrogens with zero attached hydrogens (tertiary/aromatic N) is 4. The summed E-state index contributed by atoms with van der Waals surface area (Å²) in [5.41, 5.74) is 2.74. The first-order valence-electron chi connectivity index (χ1n) is 6.20. The summed E-state index contributed by atoms with van der Waals surface area (Å²) in [4.78, 5) is 12.8. The van der Waals surface area contributed by atoms with Crippen LogP contribution in [0.15, 0.2) is 36.8 Å².